The van der Waals surface area contributed by atoms with Crippen LogP contribution in [0.15, 0.2) is 69.8 Å². The number of aliphatic carboxylic acids is 1. The van der Waals surface area contributed by atoms with Gasteiger partial charge in [0.2, 0.25) is 0 Å². The van der Waals surface area contributed by atoms with Gasteiger partial charge in [-0.05, 0) is 76.5 Å². The van der Waals surface area contributed by atoms with E-state index in [-0.39, 0.29) is 11.9 Å². The van der Waals surface area contributed by atoms with Gasteiger partial charge in [0.1, 0.15) is 5.60 Å². The zero-order valence-electron chi connectivity index (χ0n) is 20.0. The molecular formula is C27H33ClN2O4. The monoisotopic (exact) mass is 484 g/mol. The SMILES string of the molecule is CC(C)(C)OC(=O)C1CCC(CC2=C(C3=CC=C(Cl)CC=C3)NC3=CCC(C(=O)O)C=C3N2)C1. The average molecular weight is 485 g/mol. The summed E-state index contributed by atoms with van der Waals surface area (Å²) >= 11 is 6.24. The maximum Gasteiger partial charge on any atom is 0.310 e. The Hall–Kier alpha value is -2.73. The Morgan fingerprint density at radius 2 is 1.97 bits per heavy atom. The fourth-order valence-electron chi connectivity index (χ4n) is 4.87. The third-order valence-electron chi connectivity index (χ3n) is 6.51. The van der Waals surface area contributed by atoms with Crippen LogP contribution in [0.3, 0.4) is 0 Å². The highest BCUT2D eigenvalue weighted by Crippen LogP contribution is 2.39. The number of allylic oxidation sites excluding steroid dienone is 7. The van der Waals surface area contributed by atoms with Crippen molar-refractivity contribution in [3.8, 4) is 0 Å². The van der Waals surface area contributed by atoms with Crippen molar-refractivity contribution in [2.75, 3.05) is 0 Å². The minimum atomic E-state index is -0.828. The number of hydrogen-bond acceptors (Lipinski definition) is 5. The number of esters is 1. The molecule has 3 atom stereocenters. The molecule has 4 aliphatic rings. The van der Waals surface area contributed by atoms with Crippen LogP contribution in [0.1, 0.15) is 59.3 Å². The van der Waals surface area contributed by atoms with E-state index in [0.717, 1.165) is 59.1 Å². The summed E-state index contributed by atoms with van der Waals surface area (Å²) in [6, 6.07) is 0. The summed E-state index contributed by atoms with van der Waals surface area (Å²) in [5.74, 6) is -1.23. The van der Waals surface area contributed by atoms with Crippen LogP contribution in [0, 0.1) is 17.8 Å². The molecule has 3 N–H and O–H groups in total. The number of hydrogen-bond donors (Lipinski definition) is 3. The minimum absolute atomic E-state index is 0.0794. The van der Waals surface area contributed by atoms with Gasteiger partial charge in [0.15, 0.2) is 0 Å². The molecule has 1 saturated carbocycles. The van der Waals surface area contributed by atoms with Crippen molar-refractivity contribution in [2.45, 2.75) is 64.9 Å². The summed E-state index contributed by atoms with van der Waals surface area (Å²) in [7, 11) is 0. The molecule has 0 bridgehead atoms. The molecule has 34 heavy (non-hydrogen) atoms. The molecule has 0 aromatic carbocycles. The zero-order chi connectivity index (χ0) is 24.5. The molecule has 0 aromatic heterocycles. The number of carbonyl (C=O) groups is 2. The minimum Gasteiger partial charge on any atom is -0.481 e. The molecule has 1 fully saturated rings. The smallest absolute Gasteiger partial charge is 0.310 e. The van der Waals surface area contributed by atoms with E-state index in [1.54, 1.807) is 6.08 Å². The van der Waals surface area contributed by atoms with Gasteiger partial charge in [-0.3, -0.25) is 9.59 Å². The first kappa shape index (κ1) is 24.4. The Morgan fingerprint density at radius 1 is 1.18 bits per heavy atom. The van der Waals surface area contributed by atoms with Crippen LogP contribution in [0.25, 0.3) is 0 Å². The molecular weight excluding hydrogens is 452 g/mol. The normalized spacial score (nSPS) is 26.8. The predicted octanol–water partition coefficient (Wildman–Crippen LogP) is 5.42. The van der Waals surface area contributed by atoms with Crippen molar-refractivity contribution < 1.29 is 19.4 Å². The summed E-state index contributed by atoms with van der Waals surface area (Å²) < 4.78 is 5.62. The van der Waals surface area contributed by atoms with Crippen molar-refractivity contribution in [1.82, 2.24) is 10.6 Å². The van der Waals surface area contributed by atoms with E-state index in [9.17, 15) is 14.7 Å². The highest BCUT2D eigenvalue weighted by molar-refractivity contribution is 6.29. The quantitative estimate of drug-likeness (QED) is 0.451. The van der Waals surface area contributed by atoms with Gasteiger partial charge in [0, 0.05) is 17.2 Å². The van der Waals surface area contributed by atoms with Crippen molar-refractivity contribution in [3.05, 3.63) is 69.8 Å². The molecule has 182 valence electrons. The van der Waals surface area contributed by atoms with Crippen molar-refractivity contribution in [1.29, 1.82) is 0 Å². The molecule has 0 saturated heterocycles. The number of nitrogens with one attached hydrogen (secondary N) is 2. The molecule has 6 nitrogen and oxygen atoms in total. The van der Waals surface area contributed by atoms with E-state index in [4.69, 9.17) is 16.3 Å². The Bertz CT molecular complexity index is 1050. The maximum absolute atomic E-state index is 12.6. The molecule has 3 unspecified atom stereocenters. The van der Waals surface area contributed by atoms with Crippen LogP contribution in [0.2, 0.25) is 0 Å². The van der Waals surface area contributed by atoms with E-state index in [2.05, 4.69) is 16.7 Å². The van der Waals surface area contributed by atoms with E-state index in [1.807, 2.05) is 45.1 Å². The summed E-state index contributed by atoms with van der Waals surface area (Å²) in [4.78, 5) is 24.1. The first-order valence-corrected chi connectivity index (χ1v) is 12.4. The van der Waals surface area contributed by atoms with Gasteiger partial charge in [-0.15, -0.1) is 0 Å². The van der Waals surface area contributed by atoms with Gasteiger partial charge in [0.05, 0.1) is 28.9 Å². The number of ether oxygens (including phenoxy) is 1. The van der Waals surface area contributed by atoms with Crippen molar-refractivity contribution in [2.24, 2.45) is 17.8 Å². The highest BCUT2D eigenvalue weighted by atomic mass is 35.5. The van der Waals surface area contributed by atoms with Crippen LogP contribution < -0.4 is 10.6 Å². The van der Waals surface area contributed by atoms with Crippen LogP contribution in [-0.2, 0) is 14.3 Å². The van der Waals surface area contributed by atoms with Crippen LogP contribution in [0.5, 0.6) is 0 Å². The van der Waals surface area contributed by atoms with E-state index < -0.39 is 17.5 Å². The number of carboxylic acids is 1. The number of carboxylic acid groups (broad SMARTS) is 1. The van der Waals surface area contributed by atoms with E-state index in [0.29, 0.717) is 18.8 Å². The summed E-state index contributed by atoms with van der Waals surface area (Å²) in [6.45, 7) is 5.69. The fraction of sp³-hybridized carbons (Fsp3) is 0.481. The van der Waals surface area contributed by atoms with Gasteiger partial charge in [-0.1, -0.05) is 35.9 Å². The average Bonchev–Trinajstić information content (AvgIpc) is 3.12. The Kier molecular flexibility index (Phi) is 7.08. The lowest BCUT2D eigenvalue weighted by Crippen LogP contribution is -2.36. The van der Waals surface area contributed by atoms with Crippen molar-refractivity contribution >= 4 is 23.5 Å². The number of fused-ring (bicyclic) bond motifs is 1. The highest BCUT2D eigenvalue weighted by Gasteiger charge is 2.35. The largest absolute Gasteiger partial charge is 0.481 e. The van der Waals surface area contributed by atoms with Crippen LogP contribution in [0.4, 0.5) is 0 Å². The number of rotatable bonds is 5. The fourth-order valence-corrected chi connectivity index (χ4v) is 5.02. The lowest BCUT2D eigenvalue weighted by atomic mass is 9.92. The predicted molar refractivity (Wildman–Crippen MR) is 132 cm³/mol. The first-order chi connectivity index (χ1) is 16.1. The Labute approximate surface area is 206 Å². The van der Waals surface area contributed by atoms with Gasteiger partial charge >= 0.3 is 11.9 Å². The molecule has 0 radical (unpaired) electrons. The second-order valence-electron chi connectivity index (χ2n) is 10.4. The molecule has 1 heterocycles. The van der Waals surface area contributed by atoms with Gasteiger partial charge in [-0.25, -0.2) is 0 Å². The second-order valence-corrected chi connectivity index (χ2v) is 10.9. The number of carbonyl (C=O) groups excluding carboxylic acids is 1. The third-order valence-corrected chi connectivity index (χ3v) is 6.80. The summed E-state index contributed by atoms with van der Waals surface area (Å²) in [5, 5.41) is 17.3. The molecule has 1 aliphatic heterocycles. The standard InChI is InChI=1S/C27H33ClN2O4/c1-27(2,3)34-26(33)19-8-7-16(13-19)14-23-24(17-5-4-6-20(28)11-9-17)30-21-12-10-18(25(31)32)15-22(21)29-23/h4-5,9,11-12,15-16,18-19,29-30H,6-8,10,13-14H2,1-3H3,(H,31,32). The molecule has 0 amide bonds. The second kappa shape index (κ2) is 9.87. The molecule has 0 spiro atoms. The topological polar surface area (TPSA) is 87.7 Å². The summed E-state index contributed by atoms with van der Waals surface area (Å²) in [6.07, 6.45) is 16.2. The Morgan fingerprint density at radius 3 is 2.71 bits per heavy atom. The van der Waals surface area contributed by atoms with Gasteiger partial charge in [0.25, 0.3) is 0 Å². The Balaban J connectivity index is 1.58. The molecule has 3 aliphatic carbocycles. The lowest BCUT2D eigenvalue weighted by Gasteiger charge is -2.32. The zero-order valence-corrected chi connectivity index (χ0v) is 20.7. The third kappa shape index (κ3) is 5.84. The maximum atomic E-state index is 12.6. The van der Waals surface area contributed by atoms with Crippen LogP contribution in [-0.4, -0.2) is 22.6 Å². The van der Waals surface area contributed by atoms with Gasteiger partial charge in [-0.2, -0.15) is 0 Å². The molecule has 7 heteroatoms. The van der Waals surface area contributed by atoms with Crippen molar-refractivity contribution in [3.63, 3.8) is 0 Å². The van der Waals surface area contributed by atoms with Crippen LogP contribution >= 0.6 is 11.6 Å². The van der Waals surface area contributed by atoms with Gasteiger partial charge < -0.3 is 20.5 Å². The lowest BCUT2D eigenvalue weighted by molar-refractivity contribution is -0.159. The first-order valence-electron chi connectivity index (χ1n) is 12.0. The molecule has 0 aromatic rings. The molecule has 4 rings (SSSR count). The summed E-state index contributed by atoms with van der Waals surface area (Å²) in [5.41, 5.74) is 4.20. The van der Waals surface area contributed by atoms with E-state index >= 15 is 0 Å². The van der Waals surface area contributed by atoms with E-state index in [1.165, 1.54) is 0 Å². The number of halogens is 1.